The topological polar surface area (TPSA) is 60.4 Å². The first-order valence-electron chi connectivity index (χ1n) is 5.16. The van der Waals surface area contributed by atoms with Gasteiger partial charge >= 0.3 is 0 Å². The molecule has 1 saturated heterocycles. The molecule has 1 unspecified atom stereocenters. The monoisotopic (exact) mass is 230 g/mol. The standard InChI is InChI=1S/C10H14O4S/c11-10(9-3-1-2-5-14-9)8-4-6-15(12,13)7-8/h3,8H,1-2,4-7H2. The zero-order chi connectivity index (χ0) is 10.9. The Morgan fingerprint density at radius 1 is 1.47 bits per heavy atom. The smallest absolute Gasteiger partial charge is 0.201 e. The van der Waals surface area contributed by atoms with Crippen molar-refractivity contribution in [3.05, 3.63) is 11.8 Å². The minimum Gasteiger partial charge on any atom is -0.490 e. The summed E-state index contributed by atoms with van der Waals surface area (Å²) in [5.74, 6) is 0.00178. The van der Waals surface area contributed by atoms with Crippen molar-refractivity contribution in [2.24, 2.45) is 5.92 Å². The normalized spacial score (nSPS) is 29.3. The van der Waals surface area contributed by atoms with Crippen LogP contribution in [0, 0.1) is 5.92 Å². The highest BCUT2D eigenvalue weighted by atomic mass is 32.2. The SMILES string of the molecule is O=C(C1=CCCCO1)C1CCS(=O)(=O)C1. The highest BCUT2D eigenvalue weighted by Gasteiger charge is 2.35. The molecule has 84 valence electrons. The van der Waals surface area contributed by atoms with Crippen molar-refractivity contribution in [2.45, 2.75) is 19.3 Å². The first-order chi connectivity index (χ1) is 7.08. The molecule has 1 atom stereocenters. The molecule has 1 fully saturated rings. The van der Waals surface area contributed by atoms with Crippen LogP contribution in [0.2, 0.25) is 0 Å². The maximum Gasteiger partial charge on any atom is 0.201 e. The lowest BCUT2D eigenvalue weighted by molar-refractivity contribution is -0.122. The minimum absolute atomic E-state index is 0.00741. The highest BCUT2D eigenvalue weighted by Crippen LogP contribution is 2.24. The second kappa shape index (κ2) is 3.96. The molecular formula is C10H14O4S. The van der Waals surface area contributed by atoms with Gasteiger partial charge in [0.15, 0.2) is 15.6 Å². The van der Waals surface area contributed by atoms with E-state index < -0.39 is 9.84 Å². The van der Waals surface area contributed by atoms with E-state index in [4.69, 9.17) is 4.74 Å². The third-order valence-corrected chi connectivity index (χ3v) is 4.55. The Labute approximate surface area is 89.2 Å². The van der Waals surface area contributed by atoms with Gasteiger partial charge in [0, 0.05) is 5.92 Å². The van der Waals surface area contributed by atoms with Crippen molar-refractivity contribution in [3.63, 3.8) is 0 Å². The fraction of sp³-hybridized carbons (Fsp3) is 0.700. The molecule has 0 radical (unpaired) electrons. The van der Waals surface area contributed by atoms with Crippen molar-refractivity contribution in [2.75, 3.05) is 18.1 Å². The van der Waals surface area contributed by atoms with Gasteiger partial charge in [-0.1, -0.05) is 0 Å². The van der Waals surface area contributed by atoms with Crippen LogP contribution in [-0.2, 0) is 19.4 Å². The predicted octanol–water partition coefficient (Wildman–Crippen LogP) is 0.685. The van der Waals surface area contributed by atoms with Crippen LogP contribution >= 0.6 is 0 Å². The number of Topliss-reactive ketones (excluding diaryl/α,β-unsaturated/α-hetero) is 1. The van der Waals surface area contributed by atoms with Crippen molar-refractivity contribution in [3.8, 4) is 0 Å². The van der Waals surface area contributed by atoms with Crippen molar-refractivity contribution >= 4 is 15.6 Å². The van der Waals surface area contributed by atoms with Gasteiger partial charge < -0.3 is 4.74 Å². The van der Waals surface area contributed by atoms with Gasteiger partial charge in [-0.25, -0.2) is 8.42 Å². The van der Waals surface area contributed by atoms with Crippen LogP contribution in [0.5, 0.6) is 0 Å². The fourth-order valence-corrected chi connectivity index (χ4v) is 3.67. The molecule has 0 aromatic carbocycles. The number of rotatable bonds is 2. The summed E-state index contributed by atoms with van der Waals surface area (Å²) in [5, 5.41) is 0. The summed E-state index contributed by atoms with van der Waals surface area (Å²) in [6.45, 7) is 0.567. The van der Waals surface area contributed by atoms with Crippen LogP contribution in [0.3, 0.4) is 0 Å². The summed E-state index contributed by atoms with van der Waals surface area (Å²) in [7, 11) is -2.98. The number of ketones is 1. The summed E-state index contributed by atoms with van der Waals surface area (Å²) in [6, 6.07) is 0. The van der Waals surface area contributed by atoms with Gasteiger partial charge in [-0.2, -0.15) is 0 Å². The summed E-state index contributed by atoms with van der Waals surface area (Å²) in [5.41, 5.74) is 0. The molecule has 5 heteroatoms. The Balaban J connectivity index is 2.06. The number of hydrogen-bond donors (Lipinski definition) is 0. The average molecular weight is 230 g/mol. The quantitative estimate of drug-likeness (QED) is 0.700. The van der Waals surface area contributed by atoms with Gasteiger partial charge in [-0.3, -0.25) is 4.79 Å². The van der Waals surface area contributed by atoms with Crippen LogP contribution in [0.15, 0.2) is 11.8 Å². The van der Waals surface area contributed by atoms with E-state index in [2.05, 4.69) is 0 Å². The van der Waals surface area contributed by atoms with Crippen LogP contribution in [-0.4, -0.2) is 32.3 Å². The maximum absolute atomic E-state index is 11.8. The lowest BCUT2D eigenvalue weighted by atomic mass is 10.0. The number of sulfone groups is 1. The number of carbonyl (C=O) groups is 1. The lowest BCUT2D eigenvalue weighted by Gasteiger charge is -2.15. The van der Waals surface area contributed by atoms with Gasteiger partial charge in [-0.05, 0) is 25.3 Å². The van der Waals surface area contributed by atoms with Crippen molar-refractivity contribution < 1.29 is 17.9 Å². The molecule has 0 saturated carbocycles. The molecule has 0 spiro atoms. The second-order valence-electron chi connectivity index (χ2n) is 4.02. The first kappa shape index (κ1) is 10.7. The van der Waals surface area contributed by atoms with E-state index in [9.17, 15) is 13.2 Å². The van der Waals surface area contributed by atoms with E-state index in [1.807, 2.05) is 0 Å². The second-order valence-corrected chi connectivity index (χ2v) is 6.25. The number of allylic oxidation sites excluding steroid dienone is 2. The molecule has 0 aromatic heterocycles. The Hall–Kier alpha value is -0.840. The summed E-state index contributed by atoms with van der Waals surface area (Å²) in [6.07, 6.45) is 4.00. The molecule has 0 amide bonds. The Kier molecular flexibility index (Phi) is 2.82. The number of hydrogen-bond acceptors (Lipinski definition) is 4. The Bertz CT molecular complexity index is 394. The van der Waals surface area contributed by atoms with E-state index in [1.165, 1.54) is 0 Å². The van der Waals surface area contributed by atoms with E-state index in [-0.39, 0.29) is 23.2 Å². The van der Waals surface area contributed by atoms with Gasteiger partial charge in [-0.15, -0.1) is 0 Å². The van der Waals surface area contributed by atoms with Crippen molar-refractivity contribution in [1.82, 2.24) is 0 Å². The van der Waals surface area contributed by atoms with Gasteiger partial charge in [0.05, 0.1) is 18.1 Å². The molecule has 15 heavy (non-hydrogen) atoms. The number of ether oxygens (including phenoxy) is 1. The average Bonchev–Trinajstić information content (AvgIpc) is 2.59. The molecule has 0 bridgehead atoms. The predicted molar refractivity (Wildman–Crippen MR) is 55.0 cm³/mol. The molecule has 0 aromatic rings. The molecule has 2 heterocycles. The highest BCUT2D eigenvalue weighted by molar-refractivity contribution is 7.91. The van der Waals surface area contributed by atoms with Crippen LogP contribution in [0.1, 0.15) is 19.3 Å². The Morgan fingerprint density at radius 3 is 2.80 bits per heavy atom. The first-order valence-corrected chi connectivity index (χ1v) is 6.98. The molecule has 0 aliphatic carbocycles. The molecule has 4 nitrogen and oxygen atoms in total. The molecular weight excluding hydrogens is 216 g/mol. The lowest BCUT2D eigenvalue weighted by Crippen LogP contribution is -2.21. The van der Waals surface area contributed by atoms with E-state index in [0.29, 0.717) is 18.8 Å². The van der Waals surface area contributed by atoms with E-state index in [1.54, 1.807) is 6.08 Å². The summed E-state index contributed by atoms with van der Waals surface area (Å²) in [4.78, 5) is 11.8. The molecule has 2 aliphatic rings. The van der Waals surface area contributed by atoms with Crippen molar-refractivity contribution in [1.29, 1.82) is 0 Å². The van der Waals surface area contributed by atoms with Crippen LogP contribution in [0.25, 0.3) is 0 Å². The van der Waals surface area contributed by atoms with Crippen LogP contribution < -0.4 is 0 Å². The molecule has 2 rings (SSSR count). The van der Waals surface area contributed by atoms with E-state index in [0.717, 1.165) is 12.8 Å². The minimum atomic E-state index is -2.98. The zero-order valence-corrected chi connectivity index (χ0v) is 9.26. The van der Waals surface area contributed by atoms with Gasteiger partial charge in [0.2, 0.25) is 5.78 Å². The Morgan fingerprint density at radius 2 is 2.27 bits per heavy atom. The number of carbonyl (C=O) groups excluding carboxylic acids is 1. The summed E-state index contributed by atoms with van der Waals surface area (Å²) >= 11 is 0. The van der Waals surface area contributed by atoms with Gasteiger partial charge in [0.1, 0.15) is 0 Å². The van der Waals surface area contributed by atoms with Crippen LogP contribution in [0.4, 0.5) is 0 Å². The van der Waals surface area contributed by atoms with Gasteiger partial charge in [0.25, 0.3) is 0 Å². The third-order valence-electron chi connectivity index (χ3n) is 2.78. The maximum atomic E-state index is 11.8. The third kappa shape index (κ3) is 2.40. The molecule has 2 aliphatic heterocycles. The van der Waals surface area contributed by atoms with E-state index >= 15 is 0 Å². The summed E-state index contributed by atoms with van der Waals surface area (Å²) < 4.78 is 27.7. The fourth-order valence-electron chi connectivity index (χ4n) is 1.93. The largest absolute Gasteiger partial charge is 0.490 e. The zero-order valence-electron chi connectivity index (χ0n) is 8.44. The molecule has 0 N–H and O–H groups in total.